The molecule has 4 rings (SSSR count). The quantitative estimate of drug-likeness (QED) is 0.572. The highest BCUT2D eigenvalue weighted by atomic mass is 35.5. The van der Waals surface area contributed by atoms with E-state index in [9.17, 15) is 4.79 Å². The summed E-state index contributed by atoms with van der Waals surface area (Å²) in [5.74, 6) is 0. The van der Waals surface area contributed by atoms with Crippen LogP contribution in [0.15, 0.2) is 57.1 Å². The van der Waals surface area contributed by atoms with Crippen LogP contribution in [-0.4, -0.2) is 53.5 Å². The smallest absolute Gasteiger partial charge is 0.268 e. The highest BCUT2D eigenvalue weighted by Crippen LogP contribution is 2.31. The molecule has 1 aliphatic heterocycles. The second kappa shape index (κ2) is 9.01. The molecule has 0 radical (unpaired) electrons. The van der Waals surface area contributed by atoms with Crippen molar-refractivity contribution in [1.29, 1.82) is 0 Å². The van der Waals surface area contributed by atoms with Crippen molar-refractivity contribution >= 4 is 45.0 Å². The average Bonchev–Trinajstić information content (AvgIpc) is 3.00. The zero-order valence-corrected chi connectivity index (χ0v) is 18.3. The number of likely N-dealkylation sites (N-methyl/N-ethyl adjacent to an activating group) is 1. The Morgan fingerprint density at radius 3 is 2.46 bits per heavy atom. The molecule has 0 saturated carbocycles. The lowest BCUT2D eigenvalue weighted by Gasteiger charge is -2.32. The van der Waals surface area contributed by atoms with Crippen molar-refractivity contribution in [2.75, 3.05) is 39.8 Å². The number of fused-ring (bicyclic) bond motifs is 1. The molecule has 0 bridgehead atoms. The van der Waals surface area contributed by atoms with E-state index in [1.807, 2.05) is 40.4 Å². The van der Waals surface area contributed by atoms with Crippen LogP contribution in [-0.2, 0) is 6.54 Å². The summed E-state index contributed by atoms with van der Waals surface area (Å²) in [5, 5.41) is 1.57. The largest absolute Gasteiger partial charge is 0.304 e. The van der Waals surface area contributed by atoms with Gasteiger partial charge in [-0.1, -0.05) is 34.9 Å². The predicted octanol–water partition coefficient (Wildman–Crippen LogP) is 4.51. The summed E-state index contributed by atoms with van der Waals surface area (Å²) in [6.45, 7) is 6.39. The van der Waals surface area contributed by atoms with Crippen LogP contribution in [0.25, 0.3) is 10.1 Å². The first-order chi connectivity index (χ1) is 13.6. The Morgan fingerprint density at radius 2 is 1.71 bits per heavy atom. The predicted molar refractivity (Wildman–Crippen MR) is 120 cm³/mol. The van der Waals surface area contributed by atoms with E-state index in [0.29, 0.717) is 0 Å². The molecule has 0 amide bonds. The van der Waals surface area contributed by atoms with Crippen molar-refractivity contribution in [3.8, 4) is 0 Å². The zero-order chi connectivity index (χ0) is 19.5. The Bertz CT molecular complexity index is 991. The maximum absolute atomic E-state index is 12.7. The van der Waals surface area contributed by atoms with E-state index in [1.165, 1.54) is 0 Å². The monoisotopic (exact) mass is 433 g/mol. The van der Waals surface area contributed by atoms with Crippen LogP contribution in [0.2, 0.25) is 5.02 Å². The summed E-state index contributed by atoms with van der Waals surface area (Å²) >= 11 is 9.23. The van der Waals surface area contributed by atoms with Gasteiger partial charge in [-0.25, -0.2) is 0 Å². The fourth-order valence-electron chi connectivity index (χ4n) is 3.41. The Balaban J connectivity index is 1.41. The molecular formula is C21H24ClN3OS2. The summed E-state index contributed by atoms with van der Waals surface area (Å²) < 4.78 is 2.97. The third kappa shape index (κ3) is 4.81. The van der Waals surface area contributed by atoms with Gasteiger partial charge in [0.05, 0.1) is 10.1 Å². The average molecular weight is 434 g/mol. The second-order valence-corrected chi connectivity index (χ2v) is 9.86. The minimum Gasteiger partial charge on any atom is -0.304 e. The van der Waals surface area contributed by atoms with E-state index in [1.54, 1.807) is 23.3 Å². The summed E-state index contributed by atoms with van der Waals surface area (Å²) in [7, 11) is 2.17. The zero-order valence-electron chi connectivity index (χ0n) is 15.9. The molecule has 0 unspecified atom stereocenters. The van der Waals surface area contributed by atoms with Gasteiger partial charge < -0.3 is 9.80 Å². The summed E-state index contributed by atoms with van der Waals surface area (Å²) in [6.07, 6.45) is 1.02. The molecule has 28 heavy (non-hydrogen) atoms. The topological polar surface area (TPSA) is 28.5 Å². The van der Waals surface area contributed by atoms with Crippen LogP contribution in [0.1, 0.15) is 6.42 Å². The Kier molecular flexibility index (Phi) is 6.43. The van der Waals surface area contributed by atoms with Gasteiger partial charge in [-0.3, -0.25) is 8.75 Å². The third-order valence-corrected chi connectivity index (χ3v) is 7.45. The number of nitrogens with zero attached hydrogens (tertiary/aromatic N) is 3. The minimum absolute atomic E-state index is 0.140. The molecule has 2 aromatic carbocycles. The van der Waals surface area contributed by atoms with E-state index in [4.69, 9.17) is 11.6 Å². The van der Waals surface area contributed by atoms with Crippen LogP contribution < -0.4 is 5.56 Å². The lowest BCUT2D eigenvalue weighted by molar-refractivity contribution is 0.151. The van der Waals surface area contributed by atoms with Gasteiger partial charge >= 0.3 is 0 Å². The van der Waals surface area contributed by atoms with E-state index < -0.39 is 0 Å². The SMILES string of the molecule is CN1CCN(CCCn2sc3cc(Sc4ccc(Cl)cc4)ccc3c2=O)CC1. The minimum atomic E-state index is 0.140. The summed E-state index contributed by atoms with van der Waals surface area (Å²) in [6, 6.07) is 14.0. The molecule has 0 aliphatic carbocycles. The molecule has 3 aromatic rings. The number of halogens is 1. The standard InChI is InChI=1S/C21H24ClN3OS2/c1-23-11-13-24(14-12-23)9-2-10-25-21(26)19-8-7-18(15-20(19)28-25)27-17-5-3-16(22)4-6-17/h3-8,15H,2,9-14H2,1H3. The third-order valence-electron chi connectivity index (χ3n) is 5.10. The number of rotatable bonds is 6. The number of benzene rings is 2. The molecule has 4 nitrogen and oxygen atoms in total. The summed E-state index contributed by atoms with van der Waals surface area (Å²) in [5.41, 5.74) is 0.140. The van der Waals surface area contributed by atoms with Crippen LogP contribution >= 0.6 is 34.9 Å². The first-order valence-electron chi connectivity index (χ1n) is 9.57. The van der Waals surface area contributed by atoms with Gasteiger partial charge in [0.1, 0.15) is 0 Å². The fourth-order valence-corrected chi connectivity index (χ4v) is 5.54. The molecule has 1 saturated heterocycles. The normalized spacial score (nSPS) is 16.1. The van der Waals surface area contributed by atoms with Gasteiger partial charge in [0.2, 0.25) is 0 Å². The van der Waals surface area contributed by atoms with Crippen LogP contribution in [0.4, 0.5) is 0 Å². The molecule has 148 valence electrons. The van der Waals surface area contributed by atoms with Crippen molar-refractivity contribution in [3.05, 3.63) is 57.8 Å². The van der Waals surface area contributed by atoms with Crippen molar-refractivity contribution in [3.63, 3.8) is 0 Å². The first-order valence-corrected chi connectivity index (χ1v) is 11.5. The van der Waals surface area contributed by atoms with Gasteiger partial charge in [-0.15, -0.1) is 0 Å². The van der Waals surface area contributed by atoms with Gasteiger partial charge in [0.15, 0.2) is 0 Å². The number of hydrogen-bond donors (Lipinski definition) is 0. The molecule has 7 heteroatoms. The Labute approximate surface area is 178 Å². The number of piperazine rings is 1. The van der Waals surface area contributed by atoms with Gasteiger partial charge in [-0.05, 0) is 62.5 Å². The molecule has 1 aliphatic rings. The number of aryl methyl sites for hydroxylation is 1. The van der Waals surface area contributed by atoms with Gasteiger partial charge in [0, 0.05) is 47.5 Å². The number of hydrogen-bond acceptors (Lipinski definition) is 5. The summed E-state index contributed by atoms with van der Waals surface area (Å²) in [4.78, 5) is 19.8. The van der Waals surface area contributed by atoms with Crippen LogP contribution in [0, 0.1) is 0 Å². The molecule has 0 spiro atoms. The molecule has 1 fully saturated rings. The molecule has 2 heterocycles. The first kappa shape index (κ1) is 20.0. The van der Waals surface area contributed by atoms with E-state index in [-0.39, 0.29) is 5.56 Å². The molecule has 1 aromatic heterocycles. The maximum atomic E-state index is 12.7. The van der Waals surface area contributed by atoms with E-state index >= 15 is 0 Å². The van der Waals surface area contributed by atoms with Crippen molar-refractivity contribution in [1.82, 2.24) is 13.8 Å². The Hall–Kier alpha value is -1.31. The van der Waals surface area contributed by atoms with Crippen LogP contribution in [0.3, 0.4) is 0 Å². The van der Waals surface area contributed by atoms with Crippen LogP contribution in [0.5, 0.6) is 0 Å². The van der Waals surface area contributed by atoms with E-state index in [2.05, 4.69) is 22.9 Å². The molecule has 0 atom stereocenters. The molecular weight excluding hydrogens is 410 g/mol. The van der Waals surface area contributed by atoms with Crippen molar-refractivity contribution < 1.29 is 0 Å². The van der Waals surface area contributed by atoms with Gasteiger partial charge in [0.25, 0.3) is 5.56 Å². The van der Waals surface area contributed by atoms with Gasteiger partial charge in [-0.2, -0.15) is 0 Å². The molecule has 0 N–H and O–H groups in total. The lowest BCUT2D eigenvalue weighted by Crippen LogP contribution is -2.44. The highest BCUT2D eigenvalue weighted by molar-refractivity contribution is 7.99. The fraction of sp³-hybridized carbons (Fsp3) is 0.381. The second-order valence-electron chi connectivity index (χ2n) is 7.21. The van der Waals surface area contributed by atoms with Crippen molar-refractivity contribution in [2.24, 2.45) is 0 Å². The lowest BCUT2D eigenvalue weighted by atomic mass is 10.3. The Morgan fingerprint density at radius 1 is 1.00 bits per heavy atom. The highest BCUT2D eigenvalue weighted by Gasteiger charge is 2.14. The van der Waals surface area contributed by atoms with Crippen molar-refractivity contribution in [2.45, 2.75) is 22.8 Å². The van der Waals surface area contributed by atoms with E-state index in [0.717, 1.165) is 70.6 Å². The maximum Gasteiger partial charge on any atom is 0.268 e. The number of aromatic nitrogens is 1.